The van der Waals surface area contributed by atoms with E-state index in [1.54, 1.807) is 18.7 Å². The number of amides is 2. The van der Waals surface area contributed by atoms with Gasteiger partial charge >= 0.3 is 0 Å². The zero-order valence-corrected chi connectivity index (χ0v) is 17.1. The second-order valence-corrected chi connectivity index (χ2v) is 7.58. The minimum Gasteiger partial charge on any atom is -0.355 e. The van der Waals surface area contributed by atoms with Gasteiger partial charge in [0.15, 0.2) is 0 Å². The van der Waals surface area contributed by atoms with Crippen LogP contribution < -0.4 is 10.2 Å². The lowest BCUT2D eigenvalue weighted by molar-refractivity contribution is -0.139. The third-order valence-corrected chi connectivity index (χ3v) is 4.84. The van der Waals surface area contributed by atoms with Gasteiger partial charge in [0.25, 0.3) is 0 Å². The molecule has 0 radical (unpaired) electrons. The quantitative estimate of drug-likeness (QED) is 0.717. The summed E-state index contributed by atoms with van der Waals surface area (Å²) in [6.07, 6.45) is 0.683. The van der Waals surface area contributed by atoms with E-state index in [1.807, 2.05) is 62.4 Å². The fourth-order valence-electron chi connectivity index (χ4n) is 2.87. The topological polar surface area (TPSA) is 49.4 Å². The van der Waals surface area contributed by atoms with Gasteiger partial charge in [-0.1, -0.05) is 35.9 Å². The first-order chi connectivity index (χ1) is 12.8. The highest BCUT2D eigenvalue weighted by atomic mass is 35.5. The van der Waals surface area contributed by atoms with E-state index in [1.165, 1.54) is 0 Å². The molecule has 0 aliphatic carbocycles. The summed E-state index contributed by atoms with van der Waals surface area (Å²) in [4.78, 5) is 27.4. The number of rotatable bonds is 7. The highest BCUT2D eigenvalue weighted by Gasteiger charge is 2.39. The zero-order chi connectivity index (χ0) is 20.0. The summed E-state index contributed by atoms with van der Waals surface area (Å²) in [5.74, 6) is -0.479. The van der Waals surface area contributed by atoms with Gasteiger partial charge in [0, 0.05) is 23.8 Å². The predicted octanol–water partition coefficient (Wildman–Crippen LogP) is 4.39. The number of halogens is 1. The largest absolute Gasteiger partial charge is 0.355 e. The summed E-state index contributed by atoms with van der Waals surface area (Å²) in [5.41, 5.74) is 1.81. The monoisotopic (exact) mass is 386 g/mol. The first-order valence-electron chi connectivity index (χ1n) is 9.17. The van der Waals surface area contributed by atoms with Crippen molar-refractivity contribution < 1.29 is 9.59 Å². The minimum absolute atomic E-state index is 0.209. The van der Waals surface area contributed by atoms with Crippen LogP contribution in [0.1, 0.15) is 31.9 Å². The van der Waals surface area contributed by atoms with Gasteiger partial charge in [-0.15, -0.1) is 0 Å². The summed E-state index contributed by atoms with van der Waals surface area (Å²) in [7, 11) is 0. The number of aryl methyl sites for hydroxylation is 1. The molecule has 144 valence electrons. The van der Waals surface area contributed by atoms with Crippen molar-refractivity contribution in [3.63, 3.8) is 0 Å². The number of nitrogens with zero attached hydrogens (tertiary/aromatic N) is 1. The van der Waals surface area contributed by atoms with Crippen LogP contribution in [0, 0.1) is 12.3 Å². The Labute approximate surface area is 166 Å². The van der Waals surface area contributed by atoms with Crippen molar-refractivity contribution in [2.45, 2.75) is 34.1 Å². The van der Waals surface area contributed by atoms with Crippen molar-refractivity contribution in [2.24, 2.45) is 5.41 Å². The maximum absolute atomic E-state index is 13.1. The number of anilines is 1. The van der Waals surface area contributed by atoms with Gasteiger partial charge in [-0.25, -0.2) is 0 Å². The molecule has 0 bridgehead atoms. The molecule has 0 spiro atoms. The third-order valence-electron chi connectivity index (χ3n) is 4.59. The highest BCUT2D eigenvalue weighted by molar-refractivity contribution is 6.30. The maximum Gasteiger partial charge on any atom is 0.242 e. The van der Waals surface area contributed by atoms with E-state index < -0.39 is 5.41 Å². The molecule has 0 aliphatic rings. The van der Waals surface area contributed by atoms with E-state index in [-0.39, 0.29) is 11.8 Å². The van der Waals surface area contributed by atoms with Crippen LogP contribution in [-0.4, -0.2) is 24.9 Å². The van der Waals surface area contributed by atoms with Crippen molar-refractivity contribution in [1.29, 1.82) is 0 Å². The molecule has 0 saturated heterocycles. The summed E-state index contributed by atoms with van der Waals surface area (Å²) in [6.45, 7) is 8.21. The van der Waals surface area contributed by atoms with Crippen molar-refractivity contribution in [3.8, 4) is 0 Å². The molecule has 0 fully saturated rings. The van der Waals surface area contributed by atoms with Crippen LogP contribution in [0.15, 0.2) is 48.5 Å². The average Bonchev–Trinajstić information content (AvgIpc) is 2.63. The van der Waals surface area contributed by atoms with Crippen molar-refractivity contribution in [2.75, 3.05) is 18.0 Å². The zero-order valence-electron chi connectivity index (χ0n) is 16.4. The van der Waals surface area contributed by atoms with E-state index in [0.29, 0.717) is 24.5 Å². The molecule has 0 atom stereocenters. The molecule has 0 unspecified atom stereocenters. The Morgan fingerprint density at radius 2 is 1.78 bits per heavy atom. The van der Waals surface area contributed by atoms with Crippen LogP contribution in [0.3, 0.4) is 0 Å². The van der Waals surface area contributed by atoms with E-state index >= 15 is 0 Å². The van der Waals surface area contributed by atoms with Crippen LogP contribution in [0.2, 0.25) is 5.02 Å². The molecule has 4 nitrogen and oxygen atoms in total. The van der Waals surface area contributed by atoms with Gasteiger partial charge in [-0.2, -0.15) is 0 Å². The van der Waals surface area contributed by atoms with Gasteiger partial charge in [0.05, 0.1) is 0 Å². The Bertz CT molecular complexity index is 800. The number of benzene rings is 2. The summed E-state index contributed by atoms with van der Waals surface area (Å²) < 4.78 is 0. The van der Waals surface area contributed by atoms with Crippen LogP contribution in [-0.2, 0) is 16.0 Å². The van der Waals surface area contributed by atoms with Crippen molar-refractivity contribution in [1.82, 2.24) is 5.32 Å². The van der Waals surface area contributed by atoms with E-state index in [0.717, 1.165) is 16.8 Å². The van der Waals surface area contributed by atoms with Crippen LogP contribution in [0.4, 0.5) is 5.69 Å². The summed E-state index contributed by atoms with van der Waals surface area (Å²) in [5, 5.41) is 3.57. The normalized spacial score (nSPS) is 11.1. The lowest BCUT2D eigenvalue weighted by atomic mass is 9.89. The Hall–Kier alpha value is -2.33. The molecule has 0 saturated carbocycles. The molecule has 0 heterocycles. The molecule has 5 heteroatoms. The van der Waals surface area contributed by atoms with Crippen LogP contribution >= 0.6 is 11.6 Å². The van der Waals surface area contributed by atoms with Crippen molar-refractivity contribution >= 4 is 29.1 Å². The van der Waals surface area contributed by atoms with E-state index in [9.17, 15) is 9.59 Å². The lowest BCUT2D eigenvalue weighted by Crippen LogP contribution is -2.50. The molecular weight excluding hydrogens is 360 g/mol. The lowest BCUT2D eigenvalue weighted by Gasteiger charge is -2.30. The second-order valence-electron chi connectivity index (χ2n) is 7.15. The molecule has 1 N–H and O–H groups in total. The van der Waals surface area contributed by atoms with Crippen LogP contribution in [0.5, 0.6) is 0 Å². The Kier molecular flexibility index (Phi) is 7.03. The Morgan fingerprint density at radius 1 is 1.11 bits per heavy atom. The number of carbonyl (C=O) groups is 2. The van der Waals surface area contributed by atoms with Gasteiger partial charge in [0.2, 0.25) is 11.8 Å². The molecule has 2 rings (SSSR count). The maximum atomic E-state index is 13.1. The third kappa shape index (κ3) is 5.33. The van der Waals surface area contributed by atoms with Crippen LogP contribution in [0.25, 0.3) is 0 Å². The molecule has 2 aromatic rings. The van der Waals surface area contributed by atoms with E-state index in [4.69, 9.17) is 11.6 Å². The van der Waals surface area contributed by atoms with Gasteiger partial charge in [0.1, 0.15) is 5.41 Å². The predicted molar refractivity (Wildman–Crippen MR) is 111 cm³/mol. The second kappa shape index (κ2) is 9.05. The van der Waals surface area contributed by atoms with E-state index in [2.05, 4.69) is 5.32 Å². The van der Waals surface area contributed by atoms with Gasteiger partial charge in [-0.05, 0) is 69.5 Å². The fraction of sp³-hybridized carbons (Fsp3) is 0.364. The average molecular weight is 387 g/mol. The molecule has 2 aromatic carbocycles. The fourth-order valence-corrected chi connectivity index (χ4v) is 2.99. The van der Waals surface area contributed by atoms with Gasteiger partial charge < -0.3 is 10.2 Å². The summed E-state index contributed by atoms with van der Waals surface area (Å²) >= 11 is 5.88. The number of nitrogens with one attached hydrogen (secondary N) is 1. The molecule has 27 heavy (non-hydrogen) atoms. The number of hydrogen-bond donors (Lipinski definition) is 1. The Balaban J connectivity index is 2.02. The number of hydrogen-bond acceptors (Lipinski definition) is 2. The molecule has 0 aliphatic heterocycles. The molecule has 0 aromatic heterocycles. The standard InChI is InChI=1S/C22H27ClN2O2/c1-5-25(19-8-6-7-16(2)15-19)21(27)22(3,4)20(26)24-14-13-17-9-11-18(23)12-10-17/h6-12,15H,5,13-14H2,1-4H3,(H,24,26). The molecule has 2 amide bonds. The molecular formula is C22H27ClN2O2. The highest BCUT2D eigenvalue weighted by Crippen LogP contribution is 2.25. The minimum atomic E-state index is -1.15. The van der Waals surface area contributed by atoms with Gasteiger partial charge in [-0.3, -0.25) is 9.59 Å². The SMILES string of the molecule is CCN(C(=O)C(C)(C)C(=O)NCCc1ccc(Cl)cc1)c1cccc(C)c1. The smallest absolute Gasteiger partial charge is 0.242 e. The first kappa shape index (κ1) is 21.0. The summed E-state index contributed by atoms with van der Waals surface area (Å²) in [6, 6.07) is 15.3. The number of carbonyl (C=O) groups excluding carboxylic acids is 2. The van der Waals surface area contributed by atoms with Crippen molar-refractivity contribution in [3.05, 3.63) is 64.7 Å². The Morgan fingerprint density at radius 3 is 2.37 bits per heavy atom. The first-order valence-corrected chi connectivity index (χ1v) is 9.55.